The highest BCUT2D eigenvalue weighted by Crippen LogP contribution is 2.13. The minimum atomic E-state index is -0.388. The van der Waals surface area contributed by atoms with Gasteiger partial charge < -0.3 is 5.32 Å². The summed E-state index contributed by atoms with van der Waals surface area (Å²) in [6.45, 7) is 3.78. The summed E-state index contributed by atoms with van der Waals surface area (Å²) in [5.74, 6) is 0. The summed E-state index contributed by atoms with van der Waals surface area (Å²) in [5.41, 5.74) is 0.0759. The van der Waals surface area contributed by atoms with Crippen molar-refractivity contribution in [3.05, 3.63) is 60.1 Å². The number of nitrogens with zero attached hydrogens (tertiary/aromatic N) is 2. The van der Waals surface area contributed by atoms with E-state index in [9.17, 15) is 9.59 Å². The minimum Gasteiger partial charge on any atom is -0.361 e. The van der Waals surface area contributed by atoms with E-state index in [2.05, 4.69) is 27.8 Å². The van der Waals surface area contributed by atoms with Crippen molar-refractivity contribution in [1.29, 1.82) is 0 Å². The van der Waals surface area contributed by atoms with Gasteiger partial charge in [0.25, 0.3) is 5.56 Å². The van der Waals surface area contributed by atoms with Crippen LogP contribution in [-0.2, 0) is 14.1 Å². The number of halogens is 1. The van der Waals surface area contributed by atoms with Crippen molar-refractivity contribution in [1.82, 2.24) is 9.13 Å². The van der Waals surface area contributed by atoms with Crippen molar-refractivity contribution in [3.63, 3.8) is 0 Å². The fourth-order valence-electron chi connectivity index (χ4n) is 1.76. The molecule has 2 rings (SSSR count). The largest absolute Gasteiger partial charge is 0.361 e. The van der Waals surface area contributed by atoms with Gasteiger partial charge in [0.2, 0.25) is 0 Å². The molecule has 5 nitrogen and oxygen atoms in total. The van der Waals surface area contributed by atoms with E-state index in [1.807, 2.05) is 24.3 Å². The summed E-state index contributed by atoms with van der Waals surface area (Å²) < 4.78 is 3.37. The Morgan fingerprint density at radius 2 is 1.75 bits per heavy atom. The molecule has 6 heteroatoms. The molecule has 1 N–H and O–H groups in total. The lowest BCUT2D eigenvalue weighted by molar-refractivity contribution is 0.661. The summed E-state index contributed by atoms with van der Waals surface area (Å²) in [7, 11) is 3.03. The molecule has 0 aliphatic carbocycles. The van der Waals surface area contributed by atoms with Crippen molar-refractivity contribution < 1.29 is 0 Å². The van der Waals surface area contributed by atoms with Gasteiger partial charge in [0, 0.05) is 30.5 Å². The molecule has 104 valence electrons. The maximum Gasteiger partial charge on any atom is 0.330 e. The Balaban J connectivity index is 2.56. The highest BCUT2D eigenvalue weighted by molar-refractivity contribution is 9.10. The molecule has 0 spiro atoms. The first-order chi connectivity index (χ1) is 9.41. The van der Waals surface area contributed by atoms with Gasteiger partial charge in [0.1, 0.15) is 0 Å². The SMILES string of the molecule is C=c1/c(=C/Nc2ccc(Br)cc2)c(=O)n(C)c(=O)n1C. The highest BCUT2D eigenvalue weighted by atomic mass is 79.9. The van der Waals surface area contributed by atoms with E-state index in [4.69, 9.17) is 0 Å². The number of benzene rings is 1. The molecule has 2 aromatic rings. The maximum atomic E-state index is 12.1. The highest BCUT2D eigenvalue weighted by Gasteiger charge is 2.02. The van der Waals surface area contributed by atoms with Crippen molar-refractivity contribution in [2.24, 2.45) is 14.1 Å². The van der Waals surface area contributed by atoms with Gasteiger partial charge in [-0.15, -0.1) is 0 Å². The topological polar surface area (TPSA) is 56.0 Å². The second-order valence-electron chi connectivity index (χ2n) is 4.36. The third-order valence-corrected chi connectivity index (χ3v) is 3.58. The third-order valence-electron chi connectivity index (χ3n) is 3.05. The summed E-state index contributed by atoms with van der Waals surface area (Å²) in [6, 6.07) is 7.52. The average Bonchev–Trinajstić information content (AvgIpc) is 2.45. The van der Waals surface area contributed by atoms with Gasteiger partial charge in [-0.25, -0.2) is 4.79 Å². The van der Waals surface area contributed by atoms with Crippen molar-refractivity contribution in [2.75, 3.05) is 5.32 Å². The molecule has 1 heterocycles. The lowest BCUT2D eigenvalue weighted by Crippen LogP contribution is -2.56. The van der Waals surface area contributed by atoms with Gasteiger partial charge in [-0.2, -0.15) is 0 Å². The fourth-order valence-corrected chi connectivity index (χ4v) is 2.02. The zero-order chi connectivity index (χ0) is 14.9. The molecule has 1 aromatic heterocycles. The molecule has 0 radical (unpaired) electrons. The minimum absolute atomic E-state index is 0.359. The number of aromatic nitrogens is 2. The van der Waals surface area contributed by atoms with Crippen LogP contribution in [0.15, 0.2) is 38.3 Å². The van der Waals surface area contributed by atoms with Gasteiger partial charge in [-0.1, -0.05) is 22.5 Å². The van der Waals surface area contributed by atoms with Gasteiger partial charge in [0.05, 0.1) is 10.6 Å². The zero-order valence-corrected chi connectivity index (χ0v) is 12.8. The first-order valence-corrected chi connectivity index (χ1v) is 6.68. The predicted octanol–water partition coefficient (Wildman–Crippen LogP) is 0.107. The van der Waals surface area contributed by atoms with Crippen LogP contribution < -0.4 is 27.1 Å². The average molecular weight is 336 g/mol. The second kappa shape index (κ2) is 5.50. The van der Waals surface area contributed by atoms with Crippen LogP contribution in [0.2, 0.25) is 0 Å². The van der Waals surface area contributed by atoms with Crippen LogP contribution in [0.4, 0.5) is 5.69 Å². The van der Waals surface area contributed by atoms with Gasteiger partial charge in [0.15, 0.2) is 0 Å². The molecule has 0 unspecified atom stereocenters. The Hall–Kier alpha value is -2.08. The molecule has 1 aromatic carbocycles. The number of hydrogen-bond donors (Lipinski definition) is 1. The Morgan fingerprint density at radius 3 is 2.35 bits per heavy atom. The van der Waals surface area contributed by atoms with E-state index >= 15 is 0 Å². The first kappa shape index (κ1) is 14.3. The lowest BCUT2D eigenvalue weighted by atomic mass is 10.3. The summed E-state index contributed by atoms with van der Waals surface area (Å²) in [4.78, 5) is 23.8. The molecule has 0 fully saturated rings. The van der Waals surface area contributed by atoms with Gasteiger partial charge in [-0.05, 0) is 24.3 Å². The molecule has 0 aliphatic heterocycles. The first-order valence-electron chi connectivity index (χ1n) is 5.89. The zero-order valence-electron chi connectivity index (χ0n) is 11.2. The van der Waals surface area contributed by atoms with E-state index in [0.29, 0.717) is 10.6 Å². The second-order valence-corrected chi connectivity index (χ2v) is 5.28. The molecule has 0 aliphatic rings. The monoisotopic (exact) mass is 335 g/mol. The normalized spacial score (nSPS) is 11.7. The Kier molecular flexibility index (Phi) is 3.94. The molecule has 20 heavy (non-hydrogen) atoms. The van der Waals surface area contributed by atoms with Crippen molar-refractivity contribution in [2.45, 2.75) is 0 Å². The smallest absolute Gasteiger partial charge is 0.330 e. The van der Waals surface area contributed by atoms with E-state index in [1.54, 1.807) is 13.2 Å². The summed E-state index contributed by atoms with van der Waals surface area (Å²) >= 11 is 3.35. The predicted molar refractivity (Wildman–Crippen MR) is 83.9 cm³/mol. The molecule has 0 bridgehead atoms. The molecular formula is C14H14BrN3O2. The van der Waals surface area contributed by atoms with Gasteiger partial charge in [-0.3, -0.25) is 13.9 Å². The number of hydrogen-bond acceptors (Lipinski definition) is 3. The van der Waals surface area contributed by atoms with Crippen molar-refractivity contribution in [3.8, 4) is 0 Å². The van der Waals surface area contributed by atoms with Crippen LogP contribution in [0.1, 0.15) is 0 Å². The lowest BCUT2D eigenvalue weighted by Gasteiger charge is -2.04. The summed E-state index contributed by atoms with van der Waals surface area (Å²) in [5, 5.41) is 3.77. The van der Waals surface area contributed by atoms with Crippen LogP contribution in [0.25, 0.3) is 12.8 Å². The maximum absolute atomic E-state index is 12.1. The molecule has 0 saturated carbocycles. The Labute approximate surface area is 123 Å². The van der Waals surface area contributed by atoms with E-state index in [0.717, 1.165) is 14.7 Å². The number of nitrogens with one attached hydrogen (secondary N) is 1. The Bertz CT molecular complexity index is 820. The van der Waals surface area contributed by atoms with Crippen molar-refractivity contribution >= 4 is 34.4 Å². The molecular weight excluding hydrogens is 322 g/mol. The van der Waals surface area contributed by atoms with Crippen LogP contribution in [-0.4, -0.2) is 9.13 Å². The third kappa shape index (κ3) is 2.60. The number of anilines is 1. The standard InChI is InChI=1S/C14H14BrN3O2/c1-9-12(13(19)18(3)14(20)17(9)2)8-16-11-6-4-10(15)5-7-11/h4-8,16H,1H2,2-3H3/b12-8-. The van der Waals surface area contributed by atoms with E-state index < -0.39 is 0 Å². The van der Waals surface area contributed by atoms with Crippen LogP contribution >= 0.6 is 15.9 Å². The molecule has 0 saturated heterocycles. The molecule has 0 amide bonds. The number of rotatable bonds is 2. The van der Waals surface area contributed by atoms with Crippen LogP contribution in [0.5, 0.6) is 0 Å². The molecule has 0 atom stereocenters. The van der Waals surface area contributed by atoms with Crippen LogP contribution in [0.3, 0.4) is 0 Å². The van der Waals surface area contributed by atoms with E-state index in [1.165, 1.54) is 11.6 Å². The van der Waals surface area contributed by atoms with E-state index in [-0.39, 0.29) is 11.2 Å². The van der Waals surface area contributed by atoms with Gasteiger partial charge >= 0.3 is 5.69 Å². The van der Waals surface area contributed by atoms with Crippen LogP contribution in [0, 0.1) is 0 Å². The summed E-state index contributed by atoms with van der Waals surface area (Å²) in [6.07, 6.45) is 1.56. The fraction of sp³-hybridized carbons (Fsp3) is 0.143. The quantitative estimate of drug-likeness (QED) is 0.847. The Morgan fingerprint density at radius 1 is 1.15 bits per heavy atom.